The molecule has 29 heavy (non-hydrogen) atoms. The van der Waals surface area contributed by atoms with Crippen LogP contribution in [-0.4, -0.2) is 43.2 Å². The number of aromatic nitrogens is 5. The Kier molecular flexibility index (Phi) is 4.91. The summed E-state index contributed by atoms with van der Waals surface area (Å²) in [6, 6.07) is 8.30. The van der Waals surface area contributed by atoms with E-state index in [-0.39, 0.29) is 11.6 Å². The maximum absolute atomic E-state index is 13.2. The minimum absolute atomic E-state index is 0.0399. The summed E-state index contributed by atoms with van der Waals surface area (Å²) in [5, 5.41) is 13.9. The van der Waals surface area contributed by atoms with E-state index in [1.54, 1.807) is 0 Å². The number of nitrogens with one attached hydrogen (secondary N) is 1. The fourth-order valence-electron chi connectivity index (χ4n) is 5.07. The average molecular weight is 393 g/mol. The van der Waals surface area contributed by atoms with Gasteiger partial charge in [-0.3, -0.25) is 9.69 Å². The molecule has 1 aliphatic heterocycles. The number of hydrogen-bond acceptors (Lipinski definition) is 5. The molecule has 3 aromatic rings. The number of aryl methyl sites for hydroxylation is 1. The summed E-state index contributed by atoms with van der Waals surface area (Å²) in [6.07, 6.45) is 8.23. The second kappa shape index (κ2) is 7.71. The first-order valence-electron chi connectivity index (χ1n) is 10.9. The van der Waals surface area contributed by atoms with E-state index < -0.39 is 0 Å². The molecule has 0 spiro atoms. The predicted octanol–water partition coefficient (Wildman–Crippen LogP) is 3.51. The van der Waals surface area contributed by atoms with Gasteiger partial charge in [-0.2, -0.15) is 0 Å². The van der Waals surface area contributed by atoms with Crippen molar-refractivity contribution >= 4 is 10.9 Å². The van der Waals surface area contributed by atoms with Gasteiger partial charge in [0.1, 0.15) is 6.04 Å². The Morgan fingerprint density at radius 3 is 2.69 bits per heavy atom. The molecule has 0 bridgehead atoms. The van der Waals surface area contributed by atoms with Gasteiger partial charge in [0.2, 0.25) is 0 Å². The molecule has 0 unspecified atom stereocenters. The van der Waals surface area contributed by atoms with Crippen molar-refractivity contribution in [3.8, 4) is 0 Å². The van der Waals surface area contributed by atoms with Crippen LogP contribution in [0.5, 0.6) is 0 Å². The molecule has 1 aromatic carbocycles. The van der Waals surface area contributed by atoms with Gasteiger partial charge in [-0.1, -0.05) is 37.5 Å². The van der Waals surface area contributed by atoms with Crippen molar-refractivity contribution in [2.24, 2.45) is 0 Å². The van der Waals surface area contributed by atoms with E-state index in [1.165, 1.54) is 19.3 Å². The molecule has 1 saturated carbocycles. The Morgan fingerprint density at radius 1 is 1.10 bits per heavy atom. The Balaban J connectivity index is 1.64. The smallest absolute Gasteiger partial charge is 0.253 e. The lowest BCUT2D eigenvalue weighted by molar-refractivity contribution is 0.243. The van der Waals surface area contributed by atoms with Gasteiger partial charge in [-0.05, 0) is 73.1 Å². The van der Waals surface area contributed by atoms with Gasteiger partial charge >= 0.3 is 0 Å². The van der Waals surface area contributed by atoms with E-state index in [1.807, 2.05) is 29.8 Å². The van der Waals surface area contributed by atoms with Gasteiger partial charge in [0.05, 0.1) is 11.6 Å². The molecule has 0 radical (unpaired) electrons. The molecule has 2 fully saturated rings. The first-order valence-corrected chi connectivity index (χ1v) is 10.9. The number of likely N-dealkylation sites (tertiary alicyclic amines) is 1. The highest BCUT2D eigenvalue weighted by atomic mass is 16.1. The molecule has 3 heterocycles. The Bertz CT molecular complexity index is 1060. The number of H-pyrrole nitrogens is 1. The van der Waals surface area contributed by atoms with Crippen molar-refractivity contribution in [1.82, 2.24) is 30.1 Å². The maximum Gasteiger partial charge on any atom is 0.253 e. The molecule has 7 heteroatoms. The SMILES string of the molecule is Cc1cccc2cc([C@H](c3nnnn3C3CCCCC3)N3CCCC3)c(=O)[nH]c12. The van der Waals surface area contributed by atoms with E-state index in [9.17, 15) is 4.79 Å². The lowest BCUT2D eigenvalue weighted by atomic mass is 9.95. The van der Waals surface area contributed by atoms with Crippen LogP contribution in [0.3, 0.4) is 0 Å². The highest BCUT2D eigenvalue weighted by Crippen LogP contribution is 2.34. The van der Waals surface area contributed by atoms with E-state index in [0.29, 0.717) is 6.04 Å². The molecule has 0 amide bonds. The van der Waals surface area contributed by atoms with Crippen LogP contribution in [0.1, 0.15) is 74.0 Å². The molecule has 1 atom stereocenters. The monoisotopic (exact) mass is 392 g/mol. The lowest BCUT2D eigenvalue weighted by Gasteiger charge is -2.29. The number of nitrogens with zero attached hydrogens (tertiary/aromatic N) is 5. The van der Waals surface area contributed by atoms with Crippen molar-refractivity contribution in [1.29, 1.82) is 0 Å². The second-order valence-corrected chi connectivity index (χ2v) is 8.51. The van der Waals surface area contributed by atoms with Gasteiger partial charge in [0.25, 0.3) is 5.56 Å². The summed E-state index contributed by atoms with van der Waals surface area (Å²) >= 11 is 0. The number of rotatable bonds is 4. The second-order valence-electron chi connectivity index (χ2n) is 8.51. The Labute approximate surface area is 170 Å². The first kappa shape index (κ1) is 18.5. The zero-order valence-corrected chi connectivity index (χ0v) is 17.0. The maximum atomic E-state index is 13.2. The van der Waals surface area contributed by atoms with Crippen LogP contribution >= 0.6 is 0 Å². The molecule has 1 N–H and O–H groups in total. The zero-order valence-electron chi connectivity index (χ0n) is 17.0. The number of fused-ring (bicyclic) bond motifs is 1. The molecule has 7 nitrogen and oxygen atoms in total. The van der Waals surface area contributed by atoms with Crippen molar-refractivity contribution in [3.05, 3.63) is 51.6 Å². The number of para-hydroxylation sites is 1. The molecular formula is C22H28N6O. The molecular weight excluding hydrogens is 364 g/mol. The fraction of sp³-hybridized carbons (Fsp3) is 0.545. The van der Waals surface area contributed by atoms with Gasteiger partial charge in [0, 0.05) is 5.56 Å². The highest BCUT2D eigenvalue weighted by molar-refractivity contribution is 5.82. The number of hydrogen-bond donors (Lipinski definition) is 1. The van der Waals surface area contributed by atoms with Gasteiger partial charge < -0.3 is 4.98 Å². The molecule has 1 aliphatic carbocycles. The van der Waals surface area contributed by atoms with Gasteiger partial charge in [0.15, 0.2) is 5.82 Å². The largest absolute Gasteiger partial charge is 0.321 e. The van der Waals surface area contributed by atoms with Crippen LogP contribution in [-0.2, 0) is 0 Å². The highest BCUT2D eigenvalue weighted by Gasteiger charge is 2.33. The van der Waals surface area contributed by atoms with Gasteiger partial charge in [-0.25, -0.2) is 4.68 Å². The summed E-state index contributed by atoms with van der Waals surface area (Å²) in [4.78, 5) is 18.7. The fourth-order valence-corrected chi connectivity index (χ4v) is 5.07. The predicted molar refractivity (Wildman–Crippen MR) is 112 cm³/mol. The van der Waals surface area contributed by atoms with Crippen molar-refractivity contribution in [2.75, 3.05) is 13.1 Å². The minimum Gasteiger partial charge on any atom is -0.321 e. The van der Waals surface area contributed by atoms with Crippen LogP contribution < -0.4 is 5.56 Å². The standard InChI is InChI=1S/C22H28N6O/c1-15-8-7-9-16-14-18(22(29)23-19(15)16)20(27-12-5-6-13-27)21-24-25-26-28(21)17-10-3-2-4-11-17/h7-9,14,17,20H,2-6,10-13H2,1H3,(H,23,29)/t20-/m1/s1. The third kappa shape index (κ3) is 3.37. The number of pyridine rings is 1. The lowest BCUT2D eigenvalue weighted by Crippen LogP contribution is -2.34. The zero-order chi connectivity index (χ0) is 19.8. The molecule has 152 valence electrons. The van der Waals surface area contributed by atoms with Crippen LogP contribution in [0.25, 0.3) is 10.9 Å². The van der Waals surface area contributed by atoms with Gasteiger partial charge in [-0.15, -0.1) is 5.10 Å². The molecule has 1 saturated heterocycles. The van der Waals surface area contributed by atoms with Crippen LogP contribution in [0, 0.1) is 6.92 Å². The average Bonchev–Trinajstić information content (AvgIpc) is 3.43. The van der Waals surface area contributed by atoms with E-state index >= 15 is 0 Å². The van der Waals surface area contributed by atoms with E-state index in [4.69, 9.17) is 0 Å². The molecule has 2 aliphatic rings. The third-order valence-corrected chi connectivity index (χ3v) is 6.60. The van der Waals surface area contributed by atoms with Crippen LogP contribution in [0.15, 0.2) is 29.1 Å². The van der Waals surface area contributed by atoms with Crippen LogP contribution in [0.2, 0.25) is 0 Å². The molecule has 5 rings (SSSR count). The normalized spacial score (nSPS) is 19.8. The summed E-state index contributed by atoms with van der Waals surface area (Å²) in [5.74, 6) is 0.816. The number of benzene rings is 1. The topological polar surface area (TPSA) is 79.7 Å². The third-order valence-electron chi connectivity index (χ3n) is 6.60. The summed E-state index contributed by atoms with van der Waals surface area (Å²) < 4.78 is 2.02. The van der Waals surface area contributed by atoms with Crippen LogP contribution in [0.4, 0.5) is 0 Å². The number of tetrazole rings is 1. The van der Waals surface area contributed by atoms with Crippen molar-refractivity contribution in [3.63, 3.8) is 0 Å². The Morgan fingerprint density at radius 2 is 1.90 bits per heavy atom. The number of aromatic amines is 1. The quantitative estimate of drug-likeness (QED) is 0.735. The molecule has 2 aromatic heterocycles. The minimum atomic E-state index is -0.205. The van der Waals surface area contributed by atoms with E-state index in [2.05, 4.69) is 31.5 Å². The summed E-state index contributed by atoms with van der Waals surface area (Å²) in [7, 11) is 0. The van der Waals surface area contributed by atoms with Crippen molar-refractivity contribution < 1.29 is 0 Å². The summed E-state index contributed by atoms with van der Waals surface area (Å²) in [5.41, 5.74) is 2.70. The van der Waals surface area contributed by atoms with E-state index in [0.717, 1.165) is 66.6 Å². The first-order chi connectivity index (χ1) is 14.2. The Hall–Kier alpha value is -2.54. The van der Waals surface area contributed by atoms with Crippen molar-refractivity contribution in [2.45, 2.75) is 64.0 Å². The summed E-state index contributed by atoms with van der Waals surface area (Å²) in [6.45, 7) is 3.96.